The quantitative estimate of drug-likeness (QED) is 0.932. The molecule has 1 aliphatic heterocycles. The summed E-state index contributed by atoms with van der Waals surface area (Å²) in [4.78, 5) is 11.9. The Hall–Kier alpha value is -2.36. The van der Waals surface area contributed by atoms with Crippen LogP contribution in [-0.2, 0) is 0 Å². The number of fused-ring (bicyclic) bond motifs is 1. The molecule has 3 nitrogen and oxygen atoms in total. The molecule has 0 spiro atoms. The third kappa shape index (κ3) is 2.37. The number of para-hydroxylation sites is 1. The molecule has 2 aromatic carbocycles. The van der Waals surface area contributed by atoms with E-state index in [-0.39, 0.29) is 11.5 Å². The minimum atomic E-state index is -0.506. The van der Waals surface area contributed by atoms with Crippen LogP contribution >= 0.6 is 0 Å². The van der Waals surface area contributed by atoms with E-state index in [2.05, 4.69) is 5.32 Å². The summed E-state index contributed by atoms with van der Waals surface area (Å²) in [6.45, 7) is 0.973. The number of carbonyl (C=O) groups is 1. The summed E-state index contributed by atoms with van der Waals surface area (Å²) in [7, 11) is 0. The van der Waals surface area contributed by atoms with Crippen LogP contribution in [0.5, 0.6) is 5.75 Å². The van der Waals surface area contributed by atoms with Crippen molar-refractivity contribution in [2.45, 2.75) is 5.92 Å². The molecule has 1 unspecified atom stereocenters. The second-order valence-electron chi connectivity index (χ2n) is 4.74. The lowest BCUT2D eigenvalue weighted by atomic mass is 10.0. The molecule has 1 heterocycles. The zero-order valence-electron chi connectivity index (χ0n) is 10.8. The highest BCUT2D eigenvalue weighted by Crippen LogP contribution is 2.32. The molecule has 1 N–H and O–H groups in total. The van der Waals surface area contributed by atoms with Gasteiger partial charge in [0.2, 0.25) is 0 Å². The van der Waals surface area contributed by atoms with Crippen molar-refractivity contribution in [3.05, 3.63) is 65.5 Å². The maximum atomic E-state index is 13.5. The smallest absolute Gasteiger partial charge is 0.254 e. The predicted molar refractivity (Wildman–Crippen MR) is 73.4 cm³/mol. The fourth-order valence-corrected chi connectivity index (χ4v) is 2.35. The molecule has 0 radical (unpaired) electrons. The summed E-state index contributed by atoms with van der Waals surface area (Å²) in [6, 6.07) is 13.7. The number of carbonyl (C=O) groups excluding carboxylic acids is 1. The second-order valence-corrected chi connectivity index (χ2v) is 4.74. The van der Waals surface area contributed by atoms with Gasteiger partial charge in [-0.1, -0.05) is 30.3 Å². The Kier molecular flexibility index (Phi) is 3.37. The highest BCUT2D eigenvalue weighted by Gasteiger charge is 2.24. The normalized spacial score (nSPS) is 16.4. The third-order valence-electron chi connectivity index (χ3n) is 3.43. The molecular weight excluding hydrogens is 257 g/mol. The Bertz CT molecular complexity index is 642. The largest absolute Gasteiger partial charge is 0.493 e. The monoisotopic (exact) mass is 271 g/mol. The minimum absolute atomic E-state index is 0.0692. The van der Waals surface area contributed by atoms with E-state index < -0.39 is 11.7 Å². The first-order valence-corrected chi connectivity index (χ1v) is 6.50. The molecule has 2 aromatic rings. The molecule has 1 amide bonds. The number of hydrogen-bond acceptors (Lipinski definition) is 2. The van der Waals surface area contributed by atoms with Crippen molar-refractivity contribution in [3.63, 3.8) is 0 Å². The van der Waals surface area contributed by atoms with Gasteiger partial charge in [-0.25, -0.2) is 4.39 Å². The molecule has 0 bridgehead atoms. The Morgan fingerprint density at radius 2 is 1.95 bits per heavy atom. The average Bonchev–Trinajstić information content (AvgIpc) is 2.88. The highest BCUT2D eigenvalue weighted by atomic mass is 19.1. The zero-order valence-corrected chi connectivity index (χ0v) is 10.8. The van der Waals surface area contributed by atoms with Gasteiger partial charge in [0.25, 0.3) is 5.91 Å². The fourth-order valence-electron chi connectivity index (χ4n) is 2.35. The van der Waals surface area contributed by atoms with Crippen LogP contribution in [0.4, 0.5) is 4.39 Å². The van der Waals surface area contributed by atoms with Crippen molar-refractivity contribution in [2.24, 2.45) is 0 Å². The van der Waals surface area contributed by atoms with Crippen LogP contribution in [0.15, 0.2) is 48.5 Å². The maximum Gasteiger partial charge on any atom is 0.254 e. The molecule has 1 atom stereocenters. The Morgan fingerprint density at radius 1 is 1.20 bits per heavy atom. The fraction of sp³-hybridized carbons (Fsp3) is 0.188. The van der Waals surface area contributed by atoms with Crippen molar-refractivity contribution in [2.75, 3.05) is 13.2 Å². The minimum Gasteiger partial charge on any atom is -0.493 e. The molecule has 4 heteroatoms. The van der Waals surface area contributed by atoms with E-state index in [0.717, 1.165) is 11.3 Å². The zero-order chi connectivity index (χ0) is 13.9. The number of nitrogens with one attached hydrogen (secondary N) is 1. The van der Waals surface area contributed by atoms with Crippen molar-refractivity contribution in [1.29, 1.82) is 0 Å². The SMILES string of the molecule is O=C(NCC1COc2ccccc21)c1ccccc1F. The number of ether oxygens (including phenoxy) is 1. The molecule has 0 saturated carbocycles. The van der Waals surface area contributed by atoms with E-state index in [1.807, 2.05) is 24.3 Å². The molecule has 0 aromatic heterocycles. The van der Waals surface area contributed by atoms with Gasteiger partial charge in [0, 0.05) is 18.0 Å². The topological polar surface area (TPSA) is 38.3 Å². The maximum absolute atomic E-state index is 13.5. The van der Waals surface area contributed by atoms with Gasteiger partial charge in [-0.2, -0.15) is 0 Å². The molecular formula is C16H14FNO2. The molecule has 3 rings (SSSR count). The molecule has 1 aliphatic rings. The second kappa shape index (κ2) is 5.33. The number of halogens is 1. The number of rotatable bonds is 3. The van der Waals surface area contributed by atoms with Crippen molar-refractivity contribution in [3.8, 4) is 5.75 Å². The Morgan fingerprint density at radius 3 is 2.80 bits per heavy atom. The molecule has 0 saturated heterocycles. The lowest BCUT2D eigenvalue weighted by Crippen LogP contribution is -2.29. The average molecular weight is 271 g/mol. The lowest BCUT2D eigenvalue weighted by Gasteiger charge is -2.11. The summed E-state index contributed by atoms with van der Waals surface area (Å²) >= 11 is 0. The highest BCUT2D eigenvalue weighted by molar-refractivity contribution is 5.94. The summed E-state index contributed by atoms with van der Waals surface area (Å²) in [5, 5.41) is 2.76. The number of benzene rings is 2. The molecule has 0 aliphatic carbocycles. The molecule has 20 heavy (non-hydrogen) atoms. The summed E-state index contributed by atoms with van der Waals surface area (Å²) in [5.74, 6) is 0.0696. The first kappa shape index (κ1) is 12.7. The van der Waals surface area contributed by atoms with E-state index in [1.54, 1.807) is 12.1 Å². The van der Waals surface area contributed by atoms with Gasteiger partial charge in [-0.15, -0.1) is 0 Å². The van der Waals surface area contributed by atoms with Crippen LogP contribution in [0.1, 0.15) is 21.8 Å². The van der Waals surface area contributed by atoms with Gasteiger partial charge in [0.15, 0.2) is 0 Å². The summed E-state index contributed by atoms with van der Waals surface area (Å²) < 4.78 is 19.0. The summed E-state index contributed by atoms with van der Waals surface area (Å²) in [5.41, 5.74) is 1.15. The lowest BCUT2D eigenvalue weighted by molar-refractivity contribution is 0.0946. The Balaban J connectivity index is 1.67. The standard InChI is InChI=1S/C16H14FNO2/c17-14-7-3-1-6-13(14)16(19)18-9-11-10-20-15-8-4-2-5-12(11)15/h1-8,11H,9-10H2,(H,18,19). The van der Waals surface area contributed by atoms with Crippen molar-refractivity contribution >= 4 is 5.91 Å². The van der Waals surface area contributed by atoms with Gasteiger partial charge in [0.1, 0.15) is 11.6 Å². The van der Waals surface area contributed by atoms with Crippen molar-refractivity contribution < 1.29 is 13.9 Å². The van der Waals surface area contributed by atoms with Gasteiger partial charge < -0.3 is 10.1 Å². The van der Waals surface area contributed by atoms with E-state index in [0.29, 0.717) is 13.2 Å². The summed E-state index contributed by atoms with van der Waals surface area (Å²) in [6.07, 6.45) is 0. The van der Waals surface area contributed by atoms with Gasteiger partial charge in [0.05, 0.1) is 12.2 Å². The van der Waals surface area contributed by atoms with Crippen LogP contribution in [-0.4, -0.2) is 19.1 Å². The first-order valence-electron chi connectivity index (χ1n) is 6.50. The number of hydrogen-bond donors (Lipinski definition) is 1. The van der Waals surface area contributed by atoms with E-state index in [4.69, 9.17) is 4.74 Å². The Labute approximate surface area is 116 Å². The number of amides is 1. The van der Waals surface area contributed by atoms with E-state index >= 15 is 0 Å². The third-order valence-corrected chi connectivity index (χ3v) is 3.43. The first-order chi connectivity index (χ1) is 9.75. The predicted octanol–water partition coefficient (Wildman–Crippen LogP) is 2.73. The van der Waals surface area contributed by atoms with Crippen LogP contribution in [0.3, 0.4) is 0 Å². The van der Waals surface area contributed by atoms with Crippen LogP contribution in [0.2, 0.25) is 0 Å². The van der Waals surface area contributed by atoms with Crippen molar-refractivity contribution in [1.82, 2.24) is 5.32 Å². The van der Waals surface area contributed by atoms with Crippen LogP contribution in [0.25, 0.3) is 0 Å². The van der Waals surface area contributed by atoms with Crippen LogP contribution < -0.4 is 10.1 Å². The van der Waals surface area contributed by atoms with Crippen LogP contribution in [0, 0.1) is 5.82 Å². The van der Waals surface area contributed by atoms with Gasteiger partial charge in [-0.3, -0.25) is 4.79 Å². The van der Waals surface area contributed by atoms with E-state index in [9.17, 15) is 9.18 Å². The molecule has 102 valence electrons. The van der Waals surface area contributed by atoms with Gasteiger partial charge in [-0.05, 0) is 18.2 Å². The molecule has 0 fully saturated rings. The van der Waals surface area contributed by atoms with Gasteiger partial charge >= 0.3 is 0 Å². The van der Waals surface area contributed by atoms with E-state index in [1.165, 1.54) is 12.1 Å².